The number of fused-ring (bicyclic) bond motifs is 1. The van der Waals surface area contributed by atoms with Crippen LogP contribution in [0.5, 0.6) is 0 Å². The molecule has 4 aromatic rings. The summed E-state index contributed by atoms with van der Waals surface area (Å²) in [7, 11) is 0. The molecule has 6 rings (SSSR count). The van der Waals surface area contributed by atoms with Crippen LogP contribution in [0.3, 0.4) is 0 Å². The van der Waals surface area contributed by atoms with Crippen molar-refractivity contribution < 1.29 is 19.4 Å². The predicted octanol–water partition coefficient (Wildman–Crippen LogP) is 5.65. The molecule has 4 unspecified atom stereocenters. The lowest BCUT2D eigenvalue weighted by Gasteiger charge is -2.43. The van der Waals surface area contributed by atoms with E-state index in [0.717, 1.165) is 41.8 Å². The molecule has 2 N–H and O–H groups in total. The maximum Gasteiger partial charge on any atom is 0.275 e. The van der Waals surface area contributed by atoms with Crippen LogP contribution in [0.4, 0.5) is 5.69 Å². The lowest BCUT2D eigenvalue weighted by atomic mass is 9.89. The number of benzene rings is 3. The van der Waals surface area contributed by atoms with Crippen LogP contribution >= 0.6 is 0 Å². The molecule has 1 amide bonds. The summed E-state index contributed by atoms with van der Waals surface area (Å²) in [6.45, 7) is 5.23. The smallest absolute Gasteiger partial charge is 0.275 e. The van der Waals surface area contributed by atoms with Crippen molar-refractivity contribution in [1.29, 1.82) is 0 Å². The number of rotatable bonds is 7. The van der Waals surface area contributed by atoms with E-state index in [-0.39, 0.29) is 36.3 Å². The average Bonchev–Trinajstić information content (AvgIpc) is 3.02. The number of aliphatic hydroxyl groups is 1. The molecule has 0 spiro atoms. The standard InChI is InChI=1S/C33H36N4O4/c1-22-30(20-37-16-5-2-6-17-37)40-33(41-31(22)24-14-12-23(21-38)13-15-24)25-8-7-9-26(18-25)35-32(39)29-19-34-27-10-3-4-11-28(27)36-29/h3-4,7-15,18-19,22,30-31,33,38H,2,5-6,16-17,20-21H2,1H3,(H,35,39). The second kappa shape index (κ2) is 12.4. The van der Waals surface area contributed by atoms with Crippen molar-refractivity contribution in [2.24, 2.45) is 5.92 Å². The molecule has 3 aromatic carbocycles. The van der Waals surface area contributed by atoms with Crippen LogP contribution in [0.1, 0.15) is 65.8 Å². The van der Waals surface area contributed by atoms with Crippen LogP contribution in [0.2, 0.25) is 0 Å². The lowest BCUT2D eigenvalue weighted by Crippen LogP contribution is -2.45. The highest BCUT2D eigenvalue weighted by molar-refractivity contribution is 6.03. The van der Waals surface area contributed by atoms with Crippen LogP contribution < -0.4 is 5.32 Å². The van der Waals surface area contributed by atoms with Crippen molar-refractivity contribution >= 4 is 22.6 Å². The van der Waals surface area contributed by atoms with Crippen LogP contribution in [0.25, 0.3) is 11.0 Å². The van der Waals surface area contributed by atoms with E-state index in [1.54, 1.807) is 0 Å². The van der Waals surface area contributed by atoms with Gasteiger partial charge in [0.1, 0.15) is 5.69 Å². The lowest BCUT2D eigenvalue weighted by molar-refractivity contribution is -0.276. The van der Waals surface area contributed by atoms with Crippen molar-refractivity contribution in [2.45, 2.75) is 51.3 Å². The number of carbonyl (C=O) groups is 1. The number of anilines is 1. The van der Waals surface area contributed by atoms with E-state index in [1.165, 1.54) is 25.5 Å². The highest BCUT2D eigenvalue weighted by Crippen LogP contribution is 2.42. The van der Waals surface area contributed by atoms with E-state index >= 15 is 0 Å². The highest BCUT2D eigenvalue weighted by atomic mass is 16.7. The molecule has 1 aromatic heterocycles. The predicted molar refractivity (Wildman–Crippen MR) is 157 cm³/mol. The third kappa shape index (κ3) is 6.31. The number of hydrogen-bond acceptors (Lipinski definition) is 7. The van der Waals surface area contributed by atoms with Gasteiger partial charge in [0.2, 0.25) is 0 Å². The number of nitrogens with zero attached hydrogens (tertiary/aromatic N) is 3. The fraction of sp³-hybridized carbons (Fsp3) is 0.364. The molecule has 0 saturated carbocycles. The Bertz CT molecular complexity index is 1490. The van der Waals surface area contributed by atoms with Crippen molar-refractivity contribution in [1.82, 2.24) is 14.9 Å². The number of nitrogens with one attached hydrogen (secondary N) is 1. The van der Waals surface area contributed by atoms with Gasteiger partial charge in [0.05, 0.1) is 36.0 Å². The summed E-state index contributed by atoms with van der Waals surface area (Å²) >= 11 is 0. The Morgan fingerprint density at radius 2 is 1.73 bits per heavy atom. The highest BCUT2D eigenvalue weighted by Gasteiger charge is 2.39. The van der Waals surface area contributed by atoms with Crippen molar-refractivity contribution in [3.05, 3.63) is 101 Å². The molecule has 8 nitrogen and oxygen atoms in total. The summed E-state index contributed by atoms with van der Waals surface area (Å²) in [5, 5.41) is 12.5. The number of ether oxygens (including phenoxy) is 2. The molecule has 41 heavy (non-hydrogen) atoms. The van der Waals surface area contributed by atoms with Gasteiger partial charge in [-0.05, 0) is 61.3 Å². The molecule has 8 heteroatoms. The summed E-state index contributed by atoms with van der Waals surface area (Å²) < 4.78 is 13.3. The number of aliphatic hydroxyl groups excluding tert-OH is 1. The van der Waals surface area contributed by atoms with Gasteiger partial charge in [0, 0.05) is 23.7 Å². The van der Waals surface area contributed by atoms with Crippen molar-refractivity contribution in [2.75, 3.05) is 25.0 Å². The Kier molecular flexibility index (Phi) is 8.34. The Balaban J connectivity index is 1.23. The van der Waals surface area contributed by atoms with E-state index in [1.807, 2.05) is 72.8 Å². The quantitative estimate of drug-likeness (QED) is 0.306. The average molecular weight is 553 g/mol. The van der Waals surface area contributed by atoms with Gasteiger partial charge in [-0.25, -0.2) is 4.98 Å². The number of likely N-dealkylation sites (tertiary alicyclic amines) is 1. The zero-order valence-electron chi connectivity index (χ0n) is 23.3. The molecule has 2 fully saturated rings. The minimum atomic E-state index is -0.596. The molecular formula is C33H36N4O4. The summed E-state index contributed by atoms with van der Waals surface area (Å²) in [6, 6.07) is 23.0. The number of amides is 1. The van der Waals surface area contributed by atoms with Gasteiger partial charge in [-0.2, -0.15) is 0 Å². The number of hydrogen-bond donors (Lipinski definition) is 2. The molecule has 212 valence electrons. The van der Waals surface area contributed by atoms with E-state index < -0.39 is 6.29 Å². The molecule has 2 aliphatic heterocycles. The van der Waals surface area contributed by atoms with Crippen LogP contribution in [-0.4, -0.2) is 51.6 Å². The number of para-hydroxylation sites is 2. The molecule has 0 radical (unpaired) electrons. The van der Waals surface area contributed by atoms with Crippen molar-refractivity contribution in [3.8, 4) is 0 Å². The van der Waals surface area contributed by atoms with Gasteiger partial charge < -0.3 is 24.8 Å². The first-order chi connectivity index (χ1) is 20.1. The third-order valence-electron chi connectivity index (χ3n) is 8.11. The Hall–Kier alpha value is -3.69. The van der Waals surface area contributed by atoms with Gasteiger partial charge in [0.25, 0.3) is 5.91 Å². The summed E-state index contributed by atoms with van der Waals surface area (Å²) in [5.41, 5.74) is 5.06. The van der Waals surface area contributed by atoms with Crippen LogP contribution in [-0.2, 0) is 16.1 Å². The molecule has 2 aliphatic rings. The maximum atomic E-state index is 13.1. The first-order valence-corrected chi connectivity index (χ1v) is 14.4. The van der Waals surface area contributed by atoms with Gasteiger partial charge in [-0.15, -0.1) is 0 Å². The zero-order chi connectivity index (χ0) is 28.2. The van der Waals surface area contributed by atoms with E-state index in [2.05, 4.69) is 27.1 Å². The number of piperidine rings is 1. The number of carbonyl (C=O) groups excluding carboxylic acids is 1. The second-order valence-corrected chi connectivity index (χ2v) is 11.0. The third-order valence-corrected chi connectivity index (χ3v) is 8.11. The second-order valence-electron chi connectivity index (χ2n) is 11.0. The number of aromatic nitrogens is 2. The molecular weight excluding hydrogens is 516 g/mol. The topological polar surface area (TPSA) is 96.8 Å². The van der Waals surface area contributed by atoms with Crippen LogP contribution in [0.15, 0.2) is 79.0 Å². The minimum Gasteiger partial charge on any atom is -0.392 e. The Morgan fingerprint density at radius 1 is 0.951 bits per heavy atom. The fourth-order valence-corrected chi connectivity index (χ4v) is 5.75. The summed E-state index contributed by atoms with van der Waals surface area (Å²) in [4.78, 5) is 24.4. The maximum absolute atomic E-state index is 13.1. The fourth-order valence-electron chi connectivity index (χ4n) is 5.75. The van der Waals surface area contributed by atoms with Gasteiger partial charge in [-0.1, -0.05) is 61.9 Å². The molecule has 2 saturated heterocycles. The SMILES string of the molecule is CC1C(CN2CCCCC2)OC(c2cccc(NC(=O)c3cnc4ccccc4n3)c2)OC1c1ccc(CO)cc1. The first-order valence-electron chi connectivity index (χ1n) is 14.4. The van der Waals surface area contributed by atoms with E-state index in [9.17, 15) is 9.90 Å². The van der Waals surface area contributed by atoms with Crippen LogP contribution in [0, 0.1) is 5.92 Å². The zero-order valence-corrected chi connectivity index (χ0v) is 23.3. The monoisotopic (exact) mass is 552 g/mol. The molecule has 0 bridgehead atoms. The minimum absolute atomic E-state index is 0.00792. The van der Waals surface area contributed by atoms with Gasteiger partial charge >= 0.3 is 0 Å². The van der Waals surface area contributed by atoms with E-state index in [4.69, 9.17) is 9.47 Å². The van der Waals surface area contributed by atoms with Crippen molar-refractivity contribution in [3.63, 3.8) is 0 Å². The first kappa shape index (κ1) is 27.5. The molecule has 0 aliphatic carbocycles. The Morgan fingerprint density at radius 3 is 2.51 bits per heavy atom. The Labute approximate surface area is 240 Å². The molecule has 3 heterocycles. The van der Waals surface area contributed by atoms with E-state index in [0.29, 0.717) is 11.2 Å². The molecule has 4 atom stereocenters. The van der Waals surface area contributed by atoms with Gasteiger partial charge in [-0.3, -0.25) is 9.78 Å². The summed E-state index contributed by atoms with van der Waals surface area (Å²) in [6.07, 6.45) is 4.41. The normalized spacial score (nSPS) is 23.4. The summed E-state index contributed by atoms with van der Waals surface area (Å²) in [5.74, 6) is -0.202. The van der Waals surface area contributed by atoms with Gasteiger partial charge in [0.15, 0.2) is 6.29 Å². The largest absolute Gasteiger partial charge is 0.392 e.